The van der Waals surface area contributed by atoms with E-state index in [4.69, 9.17) is 4.42 Å². The molecule has 1 unspecified atom stereocenters. The van der Waals surface area contributed by atoms with Crippen molar-refractivity contribution in [3.05, 3.63) is 67.9 Å². The van der Waals surface area contributed by atoms with Crippen LogP contribution < -0.4 is 0 Å². The van der Waals surface area contributed by atoms with Crippen molar-refractivity contribution in [1.29, 1.82) is 0 Å². The molecule has 0 saturated heterocycles. The zero-order chi connectivity index (χ0) is 14.4. The van der Waals surface area contributed by atoms with Gasteiger partial charge in [-0.1, -0.05) is 40.2 Å². The van der Waals surface area contributed by atoms with Crippen molar-refractivity contribution in [3.63, 3.8) is 0 Å². The third-order valence-corrected chi connectivity index (χ3v) is 6.44. The lowest BCUT2D eigenvalue weighted by Crippen LogP contribution is -1.89. The predicted molar refractivity (Wildman–Crippen MR) is 102 cm³/mol. The maximum absolute atomic E-state index is 5.88. The summed E-state index contributed by atoms with van der Waals surface area (Å²) in [6.45, 7) is 0. The first-order valence-electron chi connectivity index (χ1n) is 6.51. The van der Waals surface area contributed by atoms with E-state index in [9.17, 15) is 0 Å². The van der Waals surface area contributed by atoms with Gasteiger partial charge in [0.15, 0.2) is 0 Å². The summed E-state index contributed by atoms with van der Waals surface area (Å²) in [4.78, 5) is 0.218. The van der Waals surface area contributed by atoms with E-state index in [0.29, 0.717) is 0 Å². The smallest absolute Gasteiger partial charge is 0.135 e. The van der Waals surface area contributed by atoms with Crippen LogP contribution >= 0.6 is 49.9 Å². The minimum atomic E-state index is 0.218. The third kappa shape index (κ3) is 2.43. The van der Waals surface area contributed by atoms with Crippen molar-refractivity contribution in [1.82, 2.24) is 0 Å². The van der Waals surface area contributed by atoms with Crippen LogP contribution in [0.15, 0.2) is 58.3 Å². The molecule has 2 aromatic heterocycles. The molecule has 4 aromatic rings. The van der Waals surface area contributed by atoms with Crippen LogP contribution in [0, 0.1) is 2.88 Å². The normalized spacial score (nSPS) is 13.0. The fourth-order valence-corrected chi connectivity index (χ4v) is 4.67. The molecule has 104 valence electrons. The Labute approximate surface area is 148 Å². The second-order valence-electron chi connectivity index (χ2n) is 4.90. The average molecular weight is 469 g/mol. The molecule has 2 aromatic carbocycles. The number of para-hydroxylation sites is 1. The van der Waals surface area contributed by atoms with Crippen LogP contribution in [-0.2, 0) is 0 Å². The Morgan fingerprint density at radius 1 is 0.952 bits per heavy atom. The van der Waals surface area contributed by atoms with Gasteiger partial charge < -0.3 is 4.42 Å². The summed E-state index contributed by atoms with van der Waals surface area (Å²) in [5.74, 6) is 0. The highest BCUT2D eigenvalue weighted by Gasteiger charge is 2.14. The summed E-state index contributed by atoms with van der Waals surface area (Å²) in [7, 11) is 0. The standard InChI is InChI=1S/C17H10BrIOS/c18-17(11-8-16(19)21-9-11)10-5-6-15-13(7-10)12-3-1-2-4-14(12)20-15/h1-9,17H. The fourth-order valence-electron chi connectivity index (χ4n) is 2.55. The van der Waals surface area contributed by atoms with Gasteiger partial charge in [0.05, 0.1) is 7.71 Å². The number of rotatable bonds is 2. The molecule has 4 rings (SSSR count). The summed E-state index contributed by atoms with van der Waals surface area (Å²) < 4.78 is 7.19. The number of benzene rings is 2. The lowest BCUT2D eigenvalue weighted by molar-refractivity contribution is 0.669. The van der Waals surface area contributed by atoms with Gasteiger partial charge in [0, 0.05) is 10.8 Å². The molecule has 0 N–H and O–H groups in total. The van der Waals surface area contributed by atoms with Gasteiger partial charge in [-0.15, -0.1) is 11.3 Å². The SMILES string of the molecule is BrC(c1csc(I)c1)c1ccc2oc3ccccc3c2c1. The maximum atomic E-state index is 5.88. The molecule has 1 atom stereocenters. The molecule has 0 amide bonds. The second-order valence-corrected chi connectivity index (χ2v) is 8.62. The first kappa shape index (κ1) is 13.8. The summed E-state index contributed by atoms with van der Waals surface area (Å²) in [5, 5.41) is 4.56. The van der Waals surface area contributed by atoms with Crippen LogP contribution in [0.3, 0.4) is 0 Å². The molecule has 2 heterocycles. The van der Waals surface area contributed by atoms with Gasteiger partial charge in [-0.05, 0) is 63.4 Å². The Bertz CT molecular complexity index is 940. The number of hydrogen-bond donors (Lipinski definition) is 0. The van der Waals surface area contributed by atoms with Crippen molar-refractivity contribution in [3.8, 4) is 0 Å². The highest BCUT2D eigenvalue weighted by atomic mass is 127. The van der Waals surface area contributed by atoms with E-state index in [1.54, 1.807) is 11.3 Å². The quantitative estimate of drug-likeness (QED) is 0.234. The molecule has 0 fully saturated rings. The van der Waals surface area contributed by atoms with Gasteiger partial charge in [0.1, 0.15) is 11.2 Å². The van der Waals surface area contributed by atoms with Crippen LogP contribution in [0.2, 0.25) is 0 Å². The van der Waals surface area contributed by atoms with Gasteiger partial charge in [-0.25, -0.2) is 0 Å². The maximum Gasteiger partial charge on any atom is 0.135 e. The Morgan fingerprint density at radius 3 is 2.57 bits per heavy atom. The molecule has 0 aliphatic rings. The fraction of sp³-hybridized carbons (Fsp3) is 0.0588. The molecule has 4 heteroatoms. The van der Waals surface area contributed by atoms with E-state index >= 15 is 0 Å². The number of furan rings is 1. The minimum Gasteiger partial charge on any atom is -0.456 e. The zero-order valence-corrected chi connectivity index (χ0v) is 15.4. The monoisotopic (exact) mass is 468 g/mol. The third-order valence-electron chi connectivity index (χ3n) is 3.57. The Balaban J connectivity index is 1.88. The number of hydrogen-bond acceptors (Lipinski definition) is 2. The van der Waals surface area contributed by atoms with Crippen molar-refractivity contribution in [2.24, 2.45) is 0 Å². The summed E-state index contributed by atoms with van der Waals surface area (Å²) in [6, 6.07) is 16.8. The number of alkyl halides is 1. The molecule has 0 aliphatic carbocycles. The van der Waals surface area contributed by atoms with E-state index in [1.807, 2.05) is 12.1 Å². The van der Waals surface area contributed by atoms with Gasteiger partial charge in [0.25, 0.3) is 0 Å². The van der Waals surface area contributed by atoms with Crippen LogP contribution in [0.25, 0.3) is 21.9 Å². The largest absolute Gasteiger partial charge is 0.456 e. The van der Waals surface area contributed by atoms with Crippen molar-refractivity contribution in [2.75, 3.05) is 0 Å². The van der Waals surface area contributed by atoms with Gasteiger partial charge in [0.2, 0.25) is 0 Å². The van der Waals surface area contributed by atoms with Crippen LogP contribution in [-0.4, -0.2) is 0 Å². The van der Waals surface area contributed by atoms with Crippen LogP contribution in [0.1, 0.15) is 16.0 Å². The summed E-state index contributed by atoms with van der Waals surface area (Å²) in [6.07, 6.45) is 0. The average Bonchev–Trinajstić information content (AvgIpc) is 3.09. The van der Waals surface area contributed by atoms with Gasteiger partial charge in [-0.2, -0.15) is 0 Å². The summed E-state index contributed by atoms with van der Waals surface area (Å²) in [5.41, 5.74) is 4.44. The topological polar surface area (TPSA) is 13.1 Å². The molecular weight excluding hydrogens is 459 g/mol. The molecule has 1 nitrogen and oxygen atoms in total. The minimum absolute atomic E-state index is 0.218. The highest BCUT2D eigenvalue weighted by Crippen LogP contribution is 2.37. The molecule has 0 aliphatic heterocycles. The Morgan fingerprint density at radius 2 is 1.76 bits per heavy atom. The molecule has 0 radical (unpaired) electrons. The molecular formula is C17H10BrIOS. The van der Waals surface area contributed by atoms with Gasteiger partial charge in [-0.3, -0.25) is 0 Å². The number of thiophene rings is 1. The Kier molecular flexibility index (Phi) is 3.55. The molecule has 0 bridgehead atoms. The summed E-state index contributed by atoms with van der Waals surface area (Å²) >= 11 is 7.95. The van der Waals surface area contributed by atoms with E-state index in [2.05, 4.69) is 80.3 Å². The first-order valence-corrected chi connectivity index (χ1v) is 9.39. The lowest BCUT2D eigenvalue weighted by Gasteiger charge is -2.08. The predicted octanol–water partition coefficient (Wildman–Crippen LogP) is 6.74. The zero-order valence-electron chi connectivity index (χ0n) is 10.8. The van der Waals surface area contributed by atoms with Crippen molar-refractivity contribution >= 4 is 71.8 Å². The van der Waals surface area contributed by atoms with E-state index < -0.39 is 0 Å². The molecule has 21 heavy (non-hydrogen) atoms. The number of halogens is 2. The van der Waals surface area contributed by atoms with E-state index in [-0.39, 0.29) is 4.83 Å². The van der Waals surface area contributed by atoms with Crippen LogP contribution in [0.5, 0.6) is 0 Å². The molecule has 0 spiro atoms. The highest BCUT2D eigenvalue weighted by molar-refractivity contribution is 14.1. The van der Waals surface area contributed by atoms with E-state index in [1.165, 1.54) is 24.8 Å². The second kappa shape index (κ2) is 5.41. The Hall–Kier alpha value is -0.850. The van der Waals surface area contributed by atoms with Crippen molar-refractivity contribution < 1.29 is 4.42 Å². The van der Waals surface area contributed by atoms with Crippen molar-refractivity contribution in [2.45, 2.75) is 4.83 Å². The van der Waals surface area contributed by atoms with E-state index in [0.717, 1.165) is 11.2 Å². The number of fused-ring (bicyclic) bond motifs is 3. The molecule has 0 saturated carbocycles. The van der Waals surface area contributed by atoms with Gasteiger partial charge >= 0.3 is 0 Å². The first-order chi connectivity index (χ1) is 10.2. The van der Waals surface area contributed by atoms with Crippen LogP contribution in [0.4, 0.5) is 0 Å². The lowest BCUT2D eigenvalue weighted by atomic mass is 10.0.